The van der Waals surface area contributed by atoms with Crippen LogP contribution in [0.1, 0.15) is 26.4 Å². The molecule has 3 nitrogen and oxygen atoms in total. The number of Topliss-reactive ketones (excluding diaryl/α,β-unsaturated/α-hetero) is 1. The van der Waals surface area contributed by atoms with Crippen molar-refractivity contribution in [3.63, 3.8) is 0 Å². The van der Waals surface area contributed by atoms with Gasteiger partial charge in [0.15, 0.2) is 0 Å². The number of benzene rings is 1. The maximum absolute atomic E-state index is 12.3. The van der Waals surface area contributed by atoms with E-state index in [1.54, 1.807) is 28.4 Å². The number of rotatable bonds is 2. The lowest BCUT2D eigenvalue weighted by Crippen LogP contribution is -2.39. The zero-order chi connectivity index (χ0) is 14.1. The zero-order valence-electron chi connectivity index (χ0n) is 11.3. The van der Waals surface area contributed by atoms with Crippen molar-refractivity contribution >= 4 is 23.0 Å². The second-order valence-electron chi connectivity index (χ2n) is 5.04. The van der Waals surface area contributed by atoms with Crippen LogP contribution in [-0.4, -0.2) is 23.1 Å². The van der Waals surface area contributed by atoms with Crippen LogP contribution in [0.3, 0.4) is 0 Å². The lowest BCUT2D eigenvalue weighted by molar-refractivity contribution is -0.127. The summed E-state index contributed by atoms with van der Waals surface area (Å²) in [6.45, 7) is 3.14. The van der Waals surface area contributed by atoms with E-state index in [9.17, 15) is 9.59 Å². The number of thiophene rings is 1. The van der Waals surface area contributed by atoms with Crippen LogP contribution in [0.4, 0.5) is 0 Å². The van der Waals surface area contributed by atoms with Gasteiger partial charge in [0.2, 0.25) is 5.78 Å². The molecule has 2 aromatic rings. The number of hydrogen-bond acceptors (Lipinski definition) is 3. The highest BCUT2D eigenvalue weighted by atomic mass is 32.1. The van der Waals surface area contributed by atoms with Crippen molar-refractivity contribution in [1.82, 2.24) is 4.90 Å². The molecule has 0 atom stereocenters. The van der Waals surface area contributed by atoms with Crippen molar-refractivity contribution in [2.24, 2.45) is 0 Å². The van der Waals surface area contributed by atoms with Crippen LogP contribution in [0.15, 0.2) is 35.7 Å². The Balaban J connectivity index is 1.76. The number of nitrogens with zero attached hydrogens (tertiary/aromatic N) is 1. The largest absolute Gasteiger partial charge is 0.331 e. The molecule has 0 fully saturated rings. The highest BCUT2D eigenvalue weighted by Gasteiger charge is 2.26. The van der Waals surface area contributed by atoms with Crippen LogP contribution in [-0.2, 0) is 17.8 Å². The predicted molar refractivity (Wildman–Crippen MR) is 78.9 cm³/mol. The van der Waals surface area contributed by atoms with Crippen LogP contribution < -0.4 is 0 Å². The van der Waals surface area contributed by atoms with E-state index in [4.69, 9.17) is 0 Å². The highest BCUT2D eigenvalue weighted by molar-refractivity contribution is 7.10. The van der Waals surface area contributed by atoms with Crippen LogP contribution in [0.2, 0.25) is 0 Å². The second kappa shape index (κ2) is 5.21. The fourth-order valence-electron chi connectivity index (χ4n) is 2.39. The Kier molecular flexibility index (Phi) is 3.40. The molecule has 20 heavy (non-hydrogen) atoms. The summed E-state index contributed by atoms with van der Waals surface area (Å²) in [6.07, 6.45) is 0.847. The molecule has 102 valence electrons. The first-order chi connectivity index (χ1) is 9.65. The van der Waals surface area contributed by atoms with E-state index in [-0.39, 0.29) is 0 Å². The van der Waals surface area contributed by atoms with Crippen molar-refractivity contribution in [3.8, 4) is 0 Å². The number of fused-ring (bicyclic) bond motifs is 1. The Hall–Kier alpha value is -1.94. The van der Waals surface area contributed by atoms with Gasteiger partial charge in [0, 0.05) is 23.5 Å². The van der Waals surface area contributed by atoms with Gasteiger partial charge in [-0.3, -0.25) is 9.59 Å². The van der Waals surface area contributed by atoms with Crippen LogP contribution in [0, 0.1) is 6.92 Å². The lowest BCUT2D eigenvalue weighted by atomic mass is 10.1. The number of amides is 1. The molecule has 0 aliphatic carbocycles. The normalized spacial score (nSPS) is 13.9. The molecule has 0 bridgehead atoms. The third-order valence-electron chi connectivity index (χ3n) is 3.60. The monoisotopic (exact) mass is 285 g/mol. The smallest absolute Gasteiger partial charge is 0.295 e. The van der Waals surface area contributed by atoms with Gasteiger partial charge >= 0.3 is 0 Å². The van der Waals surface area contributed by atoms with E-state index >= 15 is 0 Å². The van der Waals surface area contributed by atoms with E-state index in [1.165, 1.54) is 10.4 Å². The number of aryl methyl sites for hydroxylation is 1. The molecule has 1 aliphatic rings. The zero-order valence-corrected chi connectivity index (χ0v) is 12.1. The van der Waals surface area contributed by atoms with Gasteiger partial charge < -0.3 is 4.90 Å². The molecule has 0 saturated heterocycles. The molecule has 0 N–H and O–H groups in total. The first-order valence-electron chi connectivity index (χ1n) is 6.60. The van der Waals surface area contributed by atoms with Gasteiger partial charge in [-0.05, 0) is 30.4 Å². The fourth-order valence-corrected chi connectivity index (χ4v) is 3.28. The quantitative estimate of drug-likeness (QED) is 0.628. The van der Waals surface area contributed by atoms with Gasteiger partial charge in [-0.15, -0.1) is 11.3 Å². The topological polar surface area (TPSA) is 37.4 Å². The number of carbonyl (C=O) groups excluding carboxylic acids is 2. The number of carbonyl (C=O) groups is 2. The van der Waals surface area contributed by atoms with E-state index in [0.29, 0.717) is 18.7 Å². The first kappa shape index (κ1) is 13.1. The molecule has 1 aromatic heterocycles. The molecule has 0 saturated carbocycles. The Morgan fingerprint density at radius 1 is 1.15 bits per heavy atom. The molecule has 1 aromatic carbocycles. The summed E-state index contributed by atoms with van der Waals surface area (Å²) >= 11 is 1.72. The third kappa shape index (κ3) is 2.39. The summed E-state index contributed by atoms with van der Waals surface area (Å²) in [4.78, 5) is 27.5. The molecule has 1 aliphatic heterocycles. The van der Waals surface area contributed by atoms with Gasteiger partial charge in [-0.2, -0.15) is 0 Å². The molecule has 0 spiro atoms. The molecule has 0 radical (unpaired) electrons. The Morgan fingerprint density at radius 3 is 2.65 bits per heavy atom. The summed E-state index contributed by atoms with van der Waals surface area (Å²) in [5.41, 5.74) is 2.72. The molecule has 0 unspecified atom stereocenters. The van der Waals surface area contributed by atoms with Gasteiger partial charge in [0.1, 0.15) is 0 Å². The fraction of sp³-hybridized carbons (Fsp3) is 0.250. The van der Waals surface area contributed by atoms with Crippen LogP contribution in [0.25, 0.3) is 0 Å². The highest BCUT2D eigenvalue weighted by Crippen LogP contribution is 2.24. The molecule has 2 heterocycles. The van der Waals surface area contributed by atoms with E-state index in [1.807, 2.05) is 30.5 Å². The molecule has 1 amide bonds. The summed E-state index contributed by atoms with van der Waals surface area (Å²) < 4.78 is 0. The van der Waals surface area contributed by atoms with Gasteiger partial charge in [0.05, 0.1) is 0 Å². The maximum atomic E-state index is 12.3. The summed E-state index contributed by atoms with van der Waals surface area (Å²) in [7, 11) is 0. The minimum absolute atomic E-state index is 0.397. The SMILES string of the molecule is Cc1ccc(C(=O)C(=O)N2CCc3sccc3C2)cc1. The minimum atomic E-state index is -0.413. The Labute approximate surface area is 121 Å². The molecular weight excluding hydrogens is 270 g/mol. The summed E-state index contributed by atoms with van der Waals surface area (Å²) in [6, 6.07) is 9.18. The predicted octanol–water partition coefficient (Wildman–Crippen LogP) is 2.82. The number of hydrogen-bond donors (Lipinski definition) is 0. The molecule has 3 rings (SSSR count). The third-order valence-corrected chi connectivity index (χ3v) is 4.63. The van der Waals surface area contributed by atoms with Crippen molar-refractivity contribution in [2.45, 2.75) is 19.9 Å². The lowest BCUT2D eigenvalue weighted by Gasteiger charge is -2.26. The minimum Gasteiger partial charge on any atom is -0.331 e. The second-order valence-corrected chi connectivity index (χ2v) is 6.04. The summed E-state index contributed by atoms with van der Waals surface area (Å²) in [5.74, 6) is -0.811. The standard InChI is InChI=1S/C16H15NO2S/c1-11-2-4-12(5-3-11)15(18)16(19)17-8-6-14-13(10-17)7-9-20-14/h2-5,7,9H,6,8,10H2,1H3. The van der Waals surface area contributed by atoms with Crippen LogP contribution in [0.5, 0.6) is 0 Å². The van der Waals surface area contributed by atoms with Crippen molar-refractivity contribution < 1.29 is 9.59 Å². The average molecular weight is 285 g/mol. The Bertz CT molecular complexity index is 657. The average Bonchev–Trinajstić information content (AvgIpc) is 2.94. The van der Waals surface area contributed by atoms with E-state index < -0.39 is 11.7 Å². The van der Waals surface area contributed by atoms with E-state index in [2.05, 4.69) is 0 Å². The van der Waals surface area contributed by atoms with Crippen molar-refractivity contribution in [2.75, 3.05) is 6.54 Å². The van der Waals surface area contributed by atoms with Crippen molar-refractivity contribution in [3.05, 3.63) is 57.3 Å². The molecule has 4 heteroatoms. The first-order valence-corrected chi connectivity index (χ1v) is 7.48. The van der Waals surface area contributed by atoms with Crippen molar-refractivity contribution in [1.29, 1.82) is 0 Å². The molecular formula is C16H15NO2S. The van der Waals surface area contributed by atoms with Gasteiger partial charge in [-0.1, -0.05) is 29.8 Å². The van der Waals surface area contributed by atoms with Gasteiger partial charge in [0.25, 0.3) is 5.91 Å². The summed E-state index contributed by atoms with van der Waals surface area (Å²) in [5, 5.41) is 2.04. The Morgan fingerprint density at radius 2 is 1.90 bits per heavy atom. The number of ketones is 1. The maximum Gasteiger partial charge on any atom is 0.295 e. The van der Waals surface area contributed by atoms with Gasteiger partial charge in [-0.25, -0.2) is 0 Å². The van der Waals surface area contributed by atoms with Crippen LogP contribution >= 0.6 is 11.3 Å². The van der Waals surface area contributed by atoms with E-state index in [0.717, 1.165) is 12.0 Å².